The summed E-state index contributed by atoms with van der Waals surface area (Å²) in [5, 5.41) is 16.5. The summed E-state index contributed by atoms with van der Waals surface area (Å²) < 4.78 is 0. The van der Waals surface area contributed by atoms with Crippen LogP contribution in [0.2, 0.25) is 0 Å². The molecule has 4 aromatic rings. The van der Waals surface area contributed by atoms with Crippen molar-refractivity contribution in [3.8, 4) is 0 Å². The minimum Gasteiger partial charge on any atom is -0.855 e. The standard InChI is InChI=1S/C18H14.C13H10O.C5H6.C2H6O.C2H5O.Na/c1-3-9-15(10-4-1)18(17-13-7-8-14-17)16-11-5-2-6-12-16;14-13(11-7-3-1-4-8-11)12-9-5-2-6-10-12;1-2-4-5-3-1;2*1-2-3;/h1-14H;1-10H;1-4H,5H2;3H,2H2,1H3;2H2,1H3;/q;;;;-1;+1. The van der Waals surface area contributed by atoms with E-state index in [0.717, 1.165) is 17.5 Å². The van der Waals surface area contributed by atoms with Crippen molar-refractivity contribution >= 4 is 11.4 Å². The molecule has 6 rings (SSSR count). The smallest absolute Gasteiger partial charge is 0.855 e. The first-order valence-corrected chi connectivity index (χ1v) is 14.5. The molecule has 0 bridgehead atoms. The monoisotopic (exact) mass is 592 g/mol. The molecule has 0 aromatic heterocycles. The third-order valence-electron chi connectivity index (χ3n) is 5.80. The summed E-state index contributed by atoms with van der Waals surface area (Å²) in [5.74, 6) is 0.0752. The summed E-state index contributed by atoms with van der Waals surface area (Å²) in [7, 11) is 0. The fourth-order valence-electron chi connectivity index (χ4n) is 3.99. The Balaban J connectivity index is 0.000000329. The average molecular weight is 593 g/mol. The number of hydrogen-bond acceptors (Lipinski definition) is 3. The molecule has 44 heavy (non-hydrogen) atoms. The minimum absolute atomic E-state index is 0. The molecule has 0 amide bonds. The molecule has 0 unspecified atom stereocenters. The van der Waals surface area contributed by atoms with Gasteiger partial charge in [-0.25, -0.2) is 0 Å². The van der Waals surface area contributed by atoms with Crippen LogP contribution in [0.25, 0.3) is 5.57 Å². The first kappa shape index (κ1) is 38.2. The Bertz CT molecular complexity index is 1350. The predicted molar refractivity (Wildman–Crippen MR) is 180 cm³/mol. The Kier molecular flexibility index (Phi) is 21.3. The number of benzene rings is 4. The van der Waals surface area contributed by atoms with Crippen molar-refractivity contribution in [1.82, 2.24) is 0 Å². The normalized spacial score (nSPS) is 11.2. The maximum atomic E-state index is 11.8. The van der Waals surface area contributed by atoms with Gasteiger partial charge in [0.25, 0.3) is 0 Å². The third-order valence-corrected chi connectivity index (χ3v) is 5.80. The molecule has 2 aliphatic carbocycles. The van der Waals surface area contributed by atoms with Crippen LogP contribution in [0.5, 0.6) is 0 Å². The maximum absolute atomic E-state index is 11.8. The van der Waals surface area contributed by atoms with E-state index in [9.17, 15) is 4.79 Å². The minimum atomic E-state index is 0. The van der Waals surface area contributed by atoms with Gasteiger partial charge in [-0.05, 0) is 35.6 Å². The van der Waals surface area contributed by atoms with E-state index < -0.39 is 0 Å². The van der Waals surface area contributed by atoms with Gasteiger partial charge in [-0.2, -0.15) is 0 Å². The van der Waals surface area contributed by atoms with E-state index in [1.807, 2.05) is 60.7 Å². The largest absolute Gasteiger partial charge is 1.00 e. The van der Waals surface area contributed by atoms with Gasteiger partial charge in [-0.3, -0.25) is 4.79 Å². The van der Waals surface area contributed by atoms with Crippen molar-refractivity contribution in [1.29, 1.82) is 0 Å². The van der Waals surface area contributed by atoms with Crippen molar-refractivity contribution in [2.24, 2.45) is 0 Å². The van der Waals surface area contributed by atoms with Crippen LogP contribution in [0.15, 0.2) is 176 Å². The van der Waals surface area contributed by atoms with Crippen LogP contribution < -0.4 is 34.7 Å². The predicted octanol–water partition coefficient (Wildman–Crippen LogP) is 5.40. The van der Waals surface area contributed by atoms with E-state index in [0.29, 0.717) is 0 Å². The van der Waals surface area contributed by atoms with Gasteiger partial charge in [-0.15, -0.1) is 6.61 Å². The molecular formula is C40H41NaO3. The molecule has 0 aliphatic heterocycles. The number of carbonyl (C=O) groups is 1. The summed E-state index contributed by atoms with van der Waals surface area (Å²) >= 11 is 0. The molecule has 0 radical (unpaired) electrons. The number of ketones is 1. The quantitative estimate of drug-likeness (QED) is 0.255. The van der Waals surface area contributed by atoms with E-state index in [1.54, 1.807) is 13.8 Å². The zero-order chi connectivity index (χ0) is 31.0. The number of rotatable bonds is 4. The van der Waals surface area contributed by atoms with Crippen molar-refractivity contribution in [3.63, 3.8) is 0 Å². The average Bonchev–Trinajstić information content (AvgIpc) is 3.83. The van der Waals surface area contributed by atoms with Gasteiger partial charge in [-0.1, -0.05) is 177 Å². The van der Waals surface area contributed by atoms with E-state index in [4.69, 9.17) is 10.2 Å². The fraction of sp³-hybridized carbons (Fsp3) is 0.125. The summed E-state index contributed by atoms with van der Waals surface area (Å²) in [6.45, 7) is 3.50. The van der Waals surface area contributed by atoms with Crippen LogP contribution in [0, 0.1) is 0 Å². The zero-order valence-corrected chi connectivity index (χ0v) is 28.1. The van der Waals surface area contributed by atoms with Gasteiger partial charge in [0, 0.05) is 17.7 Å². The molecule has 2 aliphatic rings. The van der Waals surface area contributed by atoms with Crippen LogP contribution in [-0.2, 0) is 0 Å². The Labute approximate surface area is 285 Å². The Morgan fingerprint density at radius 1 is 0.591 bits per heavy atom. The topological polar surface area (TPSA) is 60.4 Å². The molecule has 0 fully saturated rings. The van der Waals surface area contributed by atoms with Gasteiger partial charge < -0.3 is 10.2 Å². The number of hydrogen-bond donors (Lipinski definition) is 1. The summed E-state index contributed by atoms with van der Waals surface area (Å²) in [4.78, 5) is 11.8. The van der Waals surface area contributed by atoms with E-state index in [2.05, 4.69) is 109 Å². The van der Waals surface area contributed by atoms with Crippen LogP contribution >= 0.6 is 0 Å². The maximum Gasteiger partial charge on any atom is 1.00 e. The SMILES string of the molecule is C1=CC(=C(c2ccccc2)c2ccccc2)C=C1.C1=CCC=C1.CCO.CC[O-].O=C(c1ccccc1)c1ccccc1.[Na+]. The number of allylic oxidation sites excluding steroid dienone is 9. The Morgan fingerprint density at radius 2 is 0.886 bits per heavy atom. The molecule has 1 N–H and O–H groups in total. The number of aliphatic hydroxyl groups excluding tert-OH is 1. The summed E-state index contributed by atoms with van der Waals surface area (Å²) in [6, 6.07) is 39.7. The van der Waals surface area contributed by atoms with Crippen LogP contribution in [0.4, 0.5) is 0 Å². The molecule has 4 heteroatoms. The van der Waals surface area contributed by atoms with E-state index in [-0.39, 0.29) is 48.6 Å². The van der Waals surface area contributed by atoms with Gasteiger partial charge in [0.1, 0.15) is 0 Å². The molecule has 0 atom stereocenters. The van der Waals surface area contributed by atoms with Gasteiger partial charge in [0.2, 0.25) is 0 Å². The summed E-state index contributed by atoms with van der Waals surface area (Å²) in [5.41, 5.74) is 6.55. The molecule has 3 nitrogen and oxygen atoms in total. The zero-order valence-electron chi connectivity index (χ0n) is 26.1. The second-order valence-corrected chi connectivity index (χ2v) is 9.04. The molecule has 0 heterocycles. The van der Waals surface area contributed by atoms with Gasteiger partial charge >= 0.3 is 29.6 Å². The first-order chi connectivity index (χ1) is 21.2. The van der Waals surface area contributed by atoms with Crippen molar-refractivity contribution in [2.75, 3.05) is 13.2 Å². The van der Waals surface area contributed by atoms with Crippen molar-refractivity contribution in [3.05, 3.63) is 198 Å². The van der Waals surface area contributed by atoms with Gasteiger partial charge in [0.05, 0.1) is 0 Å². The van der Waals surface area contributed by atoms with Crippen LogP contribution in [0.1, 0.15) is 47.3 Å². The fourth-order valence-corrected chi connectivity index (χ4v) is 3.99. The second-order valence-electron chi connectivity index (χ2n) is 9.04. The molecule has 0 spiro atoms. The second kappa shape index (κ2) is 24.6. The molecule has 0 saturated carbocycles. The Hall–Kier alpha value is -3.83. The molecular weight excluding hydrogens is 551 g/mol. The Morgan fingerprint density at radius 3 is 1.16 bits per heavy atom. The van der Waals surface area contributed by atoms with Crippen LogP contribution in [-0.4, -0.2) is 24.1 Å². The van der Waals surface area contributed by atoms with Gasteiger partial charge in [0.15, 0.2) is 5.78 Å². The van der Waals surface area contributed by atoms with Crippen LogP contribution in [0.3, 0.4) is 0 Å². The first-order valence-electron chi connectivity index (χ1n) is 14.5. The number of carbonyl (C=O) groups excluding carboxylic acids is 1. The molecule has 4 aromatic carbocycles. The summed E-state index contributed by atoms with van der Waals surface area (Å²) in [6.07, 6.45) is 18.0. The molecule has 220 valence electrons. The third kappa shape index (κ3) is 14.6. The van der Waals surface area contributed by atoms with Crippen molar-refractivity contribution in [2.45, 2.75) is 20.3 Å². The van der Waals surface area contributed by atoms with E-state index in [1.165, 1.54) is 22.3 Å². The molecule has 0 saturated heterocycles. The van der Waals surface area contributed by atoms with Crippen molar-refractivity contribution < 1.29 is 44.6 Å². The van der Waals surface area contributed by atoms with E-state index >= 15 is 0 Å². The number of aliphatic hydroxyl groups is 1.